The molecule has 2 rings (SSSR count). The summed E-state index contributed by atoms with van der Waals surface area (Å²) in [5, 5.41) is 6.06. The van der Waals surface area contributed by atoms with Gasteiger partial charge in [-0.25, -0.2) is 4.39 Å². The van der Waals surface area contributed by atoms with Gasteiger partial charge in [0, 0.05) is 30.6 Å². The Hall–Kier alpha value is -2.53. The van der Waals surface area contributed by atoms with E-state index in [1.165, 1.54) is 24.3 Å². The molecule has 0 saturated heterocycles. The first kappa shape index (κ1) is 17.8. The van der Waals surface area contributed by atoms with Crippen LogP contribution >= 0.6 is 0 Å². The van der Waals surface area contributed by atoms with E-state index in [0.717, 1.165) is 17.8 Å². The van der Waals surface area contributed by atoms with Crippen LogP contribution in [0.25, 0.3) is 0 Å². The maximum atomic E-state index is 12.9. The molecule has 0 heterocycles. The number of carbonyl (C=O) groups is 2. The van der Waals surface area contributed by atoms with E-state index in [2.05, 4.69) is 10.6 Å². The van der Waals surface area contributed by atoms with Crippen molar-refractivity contribution in [2.45, 2.75) is 26.3 Å². The highest BCUT2D eigenvalue weighted by molar-refractivity contribution is 6.00. The summed E-state index contributed by atoms with van der Waals surface area (Å²) >= 11 is 0. The molecule has 0 aliphatic heterocycles. The Balaban J connectivity index is 1.89. The van der Waals surface area contributed by atoms with Crippen LogP contribution in [0.2, 0.25) is 0 Å². The van der Waals surface area contributed by atoms with Crippen LogP contribution in [-0.4, -0.2) is 18.2 Å². The topological polar surface area (TPSA) is 58.2 Å². The number of carbonyl (C=O) groups excluding carboxylic acids is 2. The molecule has 2 aromatic rings. The maximum Gasteiger partial charge on any atom is 0.224 e. The van der Waals surface area contributed by atoms with E-state index in [0.29, 0.717) is 12.1 Å². The second-order valence-corrected chi connectivity index (χ2v) is 5.42. The van der Waals surface area contributed by atoms with E-state index in [-0.39, 0.29) is 30.3 Å². The summed E-state index contributed by atoms with van der Waals surface area (Å²) in [5.41, 5.74) is 2.16. The molecule has 0 bridgehead atoms. The van der Waals surface area contributed by atoms with Gasteiger partial charge in [-0.1, -0.05) is 25.1 Å². The van der Waals surface area contributed by atoms with Crippen molar-refractivity contribution in [3.63, 3.8) is 0 Å². The standard InChI is InChI=1S/C19H21FN2O2/c1-2-21-13-15-5-3-4-6-17(15)22-19(24)12-11-18(23)14-7-9-16(20)10-8-14/h3-10,21H,2,11-13H2,1H3,(H,22,24). The summed E-state index contributed by atoms with van der Waals surface area (Å²) < 4.78 is 12.9. The summed E-state index contributed by atoms with van der Waals surface area (Å²) in [5.74, 6) is -0.776. The summed E-state index contributed by atoms with van der Waals surface area (Å²) in [4.78, 5) is 24.1. The Kier molecular flexibility index (Phi) is 6.63. The molecule has 0 aromatic heterocycles. The predicted octanol–water partition coefficient (Wildman–Crippen LogP) is 3.54. The third-order valence-electron chi connectivity index (χ3n) is 3.60. The van der Waals surface area contributed by atoms with Crippen LogP contribution in [0.5, 0.6) is 0 Å². The van der Waals surface area contributed by atoms with E-state index in [1.807, 2.05) is 31.2 Å². The number of hydrogen-bond acceptors (Lipinski definition) is 3. The maximum absolute atomic E-state index is 12.9. The molecule has 0 radical (unpaired) electrons. The van der Waals surface area contributed by atoms with Gasteiger partial charge in [0.05, 0.1) is 0 Å². The largest absolute Gasteiger partial charge is 0.326 e. The van der Waals surface area contributed by atoms with Crippen LogP contribution < -0.4 is 10.6 Å². The minimum atomic E-state index is -0.387. The van der Waals surface area contributed by atoms with Gasteiger partial charge in [0.1, 0.15) is 5.82 Å². The van der Waals surface area contributed by atoms with Gasteiger partial charge in [0.2, 0.25) is 5.91 Å². The van der Waals surface area contributed by atoms with Crippen LogP contribution in [0, 0.1) is 5.82 Å². The smallest absolute Gasteiger partial charge is 0.224 e. The number of hydrogen-bond donors (Lipinski definition) is 2. The Morgan fingerprint density at radius 2 is 1.71 bits per heavy atom. The first-order valence-electron chi connectivity index (χ1n) is 7.97. The van der Waals surface area contributed by atoms with Crippen molar-refractivity contribution < 1.29 is 14.0 Å². The monoisotopic (exact) mass is 328 g/mol. The number of anilines is 1. The molecule has 0 saturated carbocycles. The minimum Gasteiger partial charge on any atom is -0.326 e. The van der Waals surface area contributed by atoms with Crippen molar-refractivity contribution in [1.29, 1.82) is 0 Å². The summed E-state index contributed by atoms with van der Waals surface area (Å²) in [6.45, 7) is 3.53. The number of Topliss-reactive ketones (excluding diaryl/α,β-unsaturated/α-hetero) is 1. The molecule has 4 nitrogen and oxygen atoms in total. The van der Waals surface area contributed by atoms with Gasteiger partial charge in [-0.2, -0.15) is 0 Å². The van der Waals surface area contributed by atoms with Gasteiger partial charge in [-0.3, -0.25) is 9.59 Å². The number of nitrogens with one attached hydrogen (secondary N) is 2. The zero-order valence-corrected chi connectivity index (χ0v) is 13.6. The van der Waals surface area contributed by atoms with Gasteiger partial charge in [-0.15, -0.1) is 0 Å². The third kappa shape index (κ3) is 5.28. The Morgan fingerprint density at radius 3 is 2.42 bits per heavy atom. The molecule has 0 aliphatic rings. The molecule has 24 heavy (non-hydrogen) atoms. The normalized spacial score (nSPS) is 10.4. The lowest BCUT2D eigenvalue weighted by Gasteiger charge is -2.11. The fraction of sp³-hybridized carbons (Fsp3) is 0.263. The Labute approximate surface area is 141 Å². The van der Waals surface area contributed by atoms with Crippen molar-refractivity contribution in [3.05, 3.63) is 65.5 Å². The number of halogens is 1. The van der Waals surface area contributed by atoms with Crippen molar-refractivity contribution in [3.8, 4) is 0 Å². The van der Waals surface area contributed by atoms with E-state index in [1.54, 1.807) is 0 Å². The average Bonchev–Trinajstić information content (AvgIpc) is 2.59. The first-order chi connectivity index (χ1) is 11.6. The van der Waals surface area contributed by atoms with Crippen LogP contribution in [0.15, 0.2) is 48.5 Å². The lowest BCUT2D eigenvalue weighted by Crippen LogP contribution is -2.17. The van der Waals surface area contributed by atoms with Crippen molar-refractivity contribution >= 4 is 17.4 Å². The lowest BCUT2D eigenvalue weighted by molar-refractivity contribution is -0.116. The molecule has 2 N–H and O–H groups in total. The fourth-order valence-electron chi connectivity index (χ4n) is 2.28. The molecule has 126 valence electrons. The predicted molar refractivity (Wildman–Crippen MR) is 92.4 cm³/mol. The molecule has 0 aliphatic carbocycles. The van der Waals surface area contributed by atoms with Gasteiger partial charge >= 0.3 is 0 Å². The highest BCUT2D eigenvalue weighted by Crippen LogP contribution is 2.16. The fourth-order valence-corrected chi connectivity index (χ4v) is 2.28. The summed E-state index contributed by atoms with van der Waals surface area (Å²) in [6, 6.07) is 12.9. The zero-order valence-electron chi connectivity index (χ0n) is 13.6. The molecule has 0 fully saturated rings. The van der Waals surface area contributed by atoms with Crippen LogP contribution in [-0.2, 0) is 11.3 Å². The van der Waals surface area contributed by atoms with Gasteiger partial charge < -0.3 is 10.6 Å². The number of para-hydroxylation sites is 1. The molecular formula is C19H21FN2O2. The zero-order chi connectivity index (χ0) is 17.4. The summed E-state index contributed by atoms with van der Waals surface area (Å²) in [6.07, 6.45) is 0.179. The molecule has 0 spiro atoms. The molecule has 0 atom stereocenters. The lowest BCUT2D eigenvalue weighted by atomic mass is 10.1. The van der Waals surface area contributed by atoms with Crippen molar-refractivity contribution in [1.82, 2.24) is 5.32 Å². The van der Waals surface area contributed by atoms with Crippen LogP contribution in [0.1, 0.15) is 35.7 Å². The first-order valence-corrected chi connectivity index (χ1v) is 7.97. The third-order valence-corrected chi connectivity index (χ3v) is 3.60. The van der Waals surface area contributed by atoms with Gasteiger partial charge in [-0.05, 0) is 42.4 Å². The molecular weight excluding hydrogens is 307 g/mol. The number of rotatable bonds is 8. The van der Waals surface area contributed by atoms with E-state index in [9.17, 15) is 14.0 Å². The molecule has 0 unspecified atom stereocenters. The molecule has 2 aromatic carbocycles. The SMILES string of the molecule is CCNCc1ccccc1NC(=O)CCC(=O)c1ccc(F)cc1. The van der Waals surface area contributed by atoms with Crippen molar-refractivity contribution in [2.75, 3.05) is 11.9 Å². The minimum absolute atomic E-state index is 0.0890. The quantitative estimate of drug-likeness (QED) is 0.729. The van der Waals surface area contributed by atoms with E-state index in [4.69, 9.17) is 0 Å². The Morgan fingerprint density at radius 1 is 1.00 bits per heavy atom. The highest BCUT2D eigenvalue weighted by atomic mass is 19.1. The van der Waals surface area contributed by atoms with E-state index < -0.39 is 0 Å². The average molecular weight is 328 g/mol. The highest BCUT2D eigenvalue weighted by Gasteiger charge is 2.11. The number of ketones is 1. The number of benzene rings is 2. The second-order valence-electron chi connectivity index (χ2n) is 5.42. The molecule has 1 amide bonds. The number of amides is 1. The second kappa shape index (κ2) is 8.93. The Bertz CT molecular complexity index is 699. The summed E-state index contributed by atoms with van der Waals surface area (Å²) in [7, 11) is 0. The van der Waals surface area contributed by atoms with Crippen molar-refractivity contribution in [2.24, 2.45) is 0 Å². The molecule has 5 heteroatoms. The van der Waals surface area contributed by atoms with Gasteiger partial charge in [0.15, 0.2) is 5.78 Å². The van der Waals surface area contributed by atoms with E-state index >= 15 is 0 Å². The van der Waals surface area contributed by atoms with Crippen LogP contribution in [0.3, 0.4) is 0 Å². The van der Waals surface area contributed by atoms with Gasteiger partial charge in [0.25, 0.3) is 0 Å². The van der Waals surface area contributed by atoms with Crippen LogP contribution in [0.4, 0.5) is 10.1 Å².